The lowest BCUT2D eigenvalue weighted by molar-refractivity contribution is 0.0488. The summed E-state index contributed by atoms with van der Waals surface area (Å²) < 4.78 is 5.50. The molecule has 0 aromatic rings. The van der Waals surface area contributed by atoms with Crippen molar-refractivity contribution >= 4 is 0 Å². The summed E-state index contributed by atoms with van der Waals surface area (Å²) in [5, 5.41) is 0. The van der Waals surface area contributed by atoms with Crippen molar-refractivity contribution in [3.63, 3.8) is 0 Å². The number of likely N-dealkylation sites (tertiary alicyclic amines) is 1. The molecule has 1 aliphatic heterocycles. The van der Waals surface area contributed by atoms with E-state index in [2.05, 4.69) is 18.9 Å². The van der Waals surface area contributed by atoms with E-state index in [0.29, 0.717) is 12.0 Å². The molecular weight excluding hydrogens is 126 g/mol. The van der Waals surface area contributed by atoms with Crippen LogP contribution in [0.25, 0.3) is 0 Å². The first-order chi connectivity index (χ1) is 4.74. The maximum absolute atomic E-state index is 5.50. The number of nitrogens with zero attached hydrogens (tertiary/aromatic N) is 1. The van der Waals surface area contributed by atoms with Gasteiger partial charge in [0.15, 0.2) is 0 Å². The lowest BCUT2D eigenvalue weighted by Crippen LogP contribution is -2.20. The molecule has 1 aliphatic rings. The van der Waals surface area contributed by atoms with Crippen LogP contribution < -0.4 is 0 Å². The molecule has 2 atom stereocenters. The molecule has 0 radical (unpaired) electrons. The average Bonchev–Trinajstić information content (AvgIpc) is 2.13. The molecule has 1 fully saturated rings. The molecule has 0 saturated carbocycles. The molecule has 2 nitrogen and oxygen atoms in total. The summed E-state index contributed by atoms with van der Waals surface area (Å²) in [6.45, 7) is 7.15. The van der Waals surface area contributed by atoms with E-state index < -0.39 is 0 Å². The number of ether oxygens (including phenoxy) is 1. The average molecular weight is 142 g/mol. The number of hydrogen-bond donors (Lipinski definition) is 0. The topological polar surface area (TPSA) is 12.5 Å². The van der Waals surface area contributed by atoms with Crippen LogP contribution in [0.1, 0.15) is 13.8 Å². The van der Waals surface area contributed by atoms with Gasteiger partial charge in [-0.3, -0.25) is 7.05 Å². The SMILES string of the molecule is [CH2-]N1C[C@@H](C)[C@H](OCC)C1. The Hall–Kier alpha value is -0.0800. The van der Waals surface area contributed by atoms with E-state index in [1.54, 1.807) is 0 Å². The Balaban J connectivity index is 2.31. The van der Waals surface area contributed by atoms with E-state index in [9.17, 15) is 0 Å². The summed E-state index contributed by atoms with van der Waals surface area (Å²) in [5.74, 6) is 0.650. The Morgan fingerprint density at radius 1 is 1.60 bits per heavy atom. The van der Waals surface area contributed by atoms with Crippen LogP contribution in [-0.2, 0) is 4.74 Å². The first kappa shape index (κ1) is 8.02. The van der Waals surface area contributed by atoms with Crippen molar-refractivity contribution in [3.8, 4) is 0 Å². The van der Waals surface area contributed by atoms with E-state index in [4.69, 9.17) is 4.74 Å². The van der Waals surface area contributed by atoms with Crippen molar-refractivity contribution < 1.29 is 4.74 Å². The Morgan fingerprint density at radius 2 is 2.30 bits per heavy atom. The van der Waals surface area contributed by atoms with Crippen LogP contribution in [0.3, 0.4) is 0 Å². The number of hydrogen-bond acceptors (Lipinski definition) is 2. The lowest BCUT2D eigenvalue weighted by Gasteiger charge is -2.16. The fourth-order valence-corrected chi connectivity index (χ4v) is 1.46. The summed E-state index contributed by atoms with van der Waals surface area (Å²) in [6.07, 6.45) is 0.419. The van der Waals surface area contributed by atoms with Gasteiger partial charge < -0.3 is 9.64 Å². The Morgan fingerprint density at radius 3 is 2.70 bits per heavy atom. The molecule has 0 aromatic heterocycles. The Bertz CT molecular complexity index is 105. The van der Waals surface area contributed by atoms with Crippen LogP contribution in [-0.4, -0.2) is 30.7 Å². The highest BCUT2D eigenvalue weighted by Crippen LogP contribution is 2.17. The largest absolute Gasteiger partial charge is 0.457 e. The van der Waals surface area contributed by atoms with Crippen molar-refractivity contribution in [2.75, 3.05) is 19.7 Å². The van der Waals surface area contributed by atoms with E-state index >= 15 is 0 Å². The minimum atomic E-state index is 0.419. The lowest BCUT2D eigenvalue weighted by atomic mass is 10.1. The van der Waals surface area contributed by atoms with Crippen LogP contribution in [0.5, 0.6) is 0 Å². The standard InChI is InChI=1S/C8H16NO/c1-4-10-8-6-9(3)5-7(8)2/h7-8H,3-6H2,1-2H3/q-1/t7-,8-/m1/s1. The molecule has 1 rings (SSSR count). The van der Waals surface area contributed by atoms with Gasteiger partial charge in [0.2, 0.25) is 0 Å². The van der Waals surface area contributed by atoms with Crippen molar-refractivity contribution in [1.29, 1.82) is 0 Å². The zero-order valence-corrected chi connectivity index (χ0v) is 6.84. The minimum Gasteiger partial charge on any atom is -0.457 e. The fraction of sp³-hybridized carbons (Fsp3) is 0.875. The van der Waals surface area contributed by atoms with E-state index in [1.807, 2.05) is 6.92 Å². The smallest absolute Gasteiger partial charge is 0.0714 e. The quantitative estimate of drug-likeness (QED) is 0.536. The molecule has 0 unspecified atom stereocenters. The van der Waals surface area contributed by atoms with Crippen LogP contribution >= 0.6 is 0 Å². The van der Waals surface area contributed by atoms with E-state index in [0.717, 1.165) is 19.7 Å². The van der Waals surface area contributed by atoms with Crippen LogP contribution in [0, 0.1) is 13.0 Å². The minimum absolute atomic E-state index is 0.419. The third-order valence-corrected chi connectivity index (χ3v) is 2.00. The molecule has 1 saturated heterocycles. The molecule has 0 bridgehead atoms. The fourth-order valence-electron chi connectivity index (χ4n) is 1.46. The van der Waals surface area contributed by atoms with E-state index in [-0.39, 0.29) is 0 Å². The molecule has 0 aromatic carbocycles. The molecule has 10 heavy (non-hydrogen) atoms. The Labute approximate surface area is 63.2 Å². The normalized spacial score (nSPS) is 35.1. The van der Waals surface area contributed by atoms with Gasteiger partial charge >= 0.3 is 0 Å². The second-order valence-electron chi connectivity index (χ2n) is 3.01. The van der Waals surface area contributed by atoms with Crippen LogP contribution in [0.4, 0.5) is 0 Å². The second kappa shape index (κ2) is 3.35. The van der Waals surface area contributed by atoms with Gasteiger partial charge in [0.05, 0.1) is 6.10 Å². The highest BCUT2D eigenvalue weighted by atomic mass is 16.5. The van der Waals surface area contributed by atoms with Gasteiger partial charge in [-0.15, -0.1) is 0 Å². The molecule has 2 heteroatoms. The molecular formula is C8H16NO-. The Kier molecular flexibility index (Phi) is 2.69. The monoisotopic (exact) mass is 142 g/mol. The molecule has 1 heterocycles. The van der Waals surface area contributed by atoms with Gasteiger partial charge in [-0.05, 0) is 25.9 Å². The van der Waals surface area contributed by atoms with Crippen LogP contribution in [0.15, 0.2) is 0 Å². The zero-order valence-electron chi connectivity index (χ0n) is 6.84. The third-order valence-electron chi connectivity index (χ3n) is 2.00. The van der Waals surface area contributed by atoms with Gasteiger partial charge in [-0.25, -0.2) is 0 Å². The van der Waals surface area contributed by atoms with Gasteiger partial charge in [0.1, 0.15) is 0 Å². The summed E-state index contributed by atoms with van der Waals surface area (Å²) in [7, 11) is 3.87. The summed E-state index contributed by atoms with van der Waals surface area (Å²) in [4.78, 5) is 2.07. The molecule has 0 N–H and O–H groups in total. The van der Waals surface area contributed by atoms with Crippen molar-refractivity contribution in [3.05, 3.63) is 7.05 Å². The first-order valence-electron chi connectivity index (χ1n) is 3.91. The maximum Gasteiger partial charge on any atom is 0.0714 e. The third kappa shape index (κ3) is 1.70. The van der Waals surface area contributed by atoms with Crippen molar-refractivity contribution in [2.24, 2.45) is 5.92 Å². The zero-order chi connectivity index (χ0) is 7.56. The van der Waals surface area contributed by atoms with Gasteiger partial charge in [-0.2, -0.15) is 0 Å². The highest BCUT2D eigenvalue weighted by Gasteiger charge is 2.23. The van der Waals surface area contributed by atoms with Gasteiger partial charge in [0, 0.05) is 6.61 Å². The van der Waals surface area contributed by atoms with E-state index in [1.165, 1.54) is 0 Å². The molecule has 0 aliphatic carbocycles. The molecule has 60 valence electrons. The predicted molar refractivity (Wildman–Crippen MR) is 41.5 cm³/mol. The first-order valence-corrected chi connectivity index (χ1v) is 3.91. The highest BCUT2D eigenvalue weighted by molar-refractivity contribution is 4.81. The summed E-state index contributed by atoms with van der Waals surface area (Å²) in [6, 6.07) is 0. The summed E-state index contributed by atoms with van der Waals surface area (Å²) >= 11 is 0. The van der Waals surface area contributed by atoms with Gasteiger partial charge in [0.25, 0.3) is 0 Å². The maximum atomic E-state index is 5.50. The molecule has 0 amide bonds. The van der Waals surface area contributed by atoms with Gasteiger partial charge in [-0.1, -0.05) is 6.92 Å². The molecule has 0 spiro atoms. The van der Waals surface area contributed by atoms with Crippen molar-refractivity contribution in [2.45, 2.75) is 20.0 Å². The van der Waals surface area contributed by atoms with Crippen molar-refractivity contribution in [1.82, 2.24) is 4.90 Å². The summed E-state index contributed by atoms with van der Waals surface area (Å²) in [5.41, 5.74) is 0. The number of rotatable bonds is 2. The van der Waals surface area contributed by atoms with Crippen LogP contribution in [0.2, 0.25) is 0 Å². The predicted octanol–water partition coefficient (Wildman–Crippen LogP) is 1.13. The second-order valence-corrected chi connectivity index (χ2v) is 3.01.